The van der Waals surface area contributed by atoms with E-state index in [2.05, 4.69) is 59.9 Å². The lowest BCUT2D eigenvalue weighted by Crippen LogP contribution is -2.66. The van der Waals surface area contributed by atoms with Gasteiger partial charge < -0.3 is 40.0 Å². The summed E-state index contributed by atoms with van der Waals surface area (Å²) in [5.41, 5.74) is 0.924. The van der Waals surface area contributed by atoms with Crippen LogP contribution in [0.25, 0.3) is 0 Å². The summed E-state index contributed by atoms with van der Waals surface area (Å²) in [5, 5.41) is 44.5. The molecule has 1 aliphatic heterocycles. The molecule has 13 atom stereocenters. The number of hydrogen-bond donors (Lipinski definition) is 5. The van der Waals surface area contributed by atoms with E-state index >= 15 is 0 Å². The van der Waals surface area contributed by atoms with Crippen LogP contribution in [-0.2, 0) is 28.6 Å². The lowest BCUT2D eigenvalue weighted by atomic mass is 9.33. The number of hydrogen-bond acceptors (Lipinski definition) is 9. The van der Waals surface area contributed by atoms with Gasteiger partial charge in [-0.05, 0) is 122 Å². The molecule has 11 nitrogen and oxygen atoms in total. The van der Waals surface area contributed by atoms with E-state index in [1.165, 1.54) is 12.7 Å². The van der Waals surface area contributed by atoms with Gasteiger partial charge in [-0.25, -0.2) is 4.79 Å². The Bertz CT molecular complexity index is 1480. The number of ether oxygens (including phenoxy) is 3. The average Bonchev–Trinajstić information content (AvgIpc) is 3.10. The van der Waals surface area contributed by atoms with Crippen molar-refractivity contribution in [3.8, 4) is 0 Å². The number of aliphatic hydroxyl groups is 3. The normalized spacial score (nSPS) is 45.0. The van der Waals surface area contributed by atoms with Gasteiger partial charge in [-0.1, -0.05) is 66.5 Å². The van der Waals surface area contributed by atoms with Gasteiger partial charge in [0.05, 0.1) is 18.6 Å². The molecule has 0 aromatic rings. The van der Waals surface area contributed by atoms with Gasteiger partial charge in [0.25, 0.3) is 0 Å². The van der Waals surface area contributed by atoms with Crippen molar-refractivity contribution in [1.82, 2.24) is 5.32 Å². The highest BCUT2D eigenvalue weighted by molar-refractivity contribution is 5.84. The minimum absolute atomic E-state index is 0.00163. The molecule has 306 valence electrons. The summed E-state index contributed by atoms with van der Waals surface area (Å²) in [6, 6.07) is 0. The van der Waals surface area contributed by atoms with E-state index in [1.54, 1.807) is 0 Å². The first-order chi connectivity index (χ1) is 25.2. The number of rotatable bonds is 10. The summed E-state index contributed by atoms with van der Waals surface area (Å²) in [6.07, 6.45) is 6.53. The maximum absolute atomic E-state index is 14.4. The molecule has 6 rings (SSSR count). The Kier molecular flexibility index (Phi) is 11.3. The van der Waals surface area contributed by atoms with E-state index in [-0.39, 0.29) is 51.0 Å². The van der Waals surface area contributed by atoms with Crippen LogP contribution in [0.4, 0.5) is 0 Å². The summed E-state index contributed by atoms with van der Waals surface area (Å²) in [7, 11) is 1.42. The molecule has 5 aliphatic carbocycles. The van der Waals surface area contributed by atoms with Crippen molar-refractivity contribution in [2.75, 3.05) is 13.7 Å². The average molecular weight is 760 g/mol. The minimum Gasteiger partial charge on any atom is -0.479 e. The van der Waals surface area contributed by atoms with Gasteiger partial charge in [-0.3, -0.25) is 9.59 Å². The first kappa shape index (κ1) is 41.6. The van der Waals surface area contributed by atoms with E-state index in [0.29, 0.717) is 31.2 Å². The van der Waals surface area contributed by atoms with Gasteiger partial charge in [-0.15, -0.1) is 0 Å². The first-order valence-electron chi connectivity index (χ1n) is 20.8. The molecule has 11 heteroatoms. The Morgan fingerprint density at radius 1 is 0.852 bits per heavy atom. The topological polar surface area (TPSA) is 172 Å². The second-order valence-corrected chi connectivity index (χ2v) is 20.2. The zero-order valence-corrected chi connectivity index (χ0v) is 34.1. The molecular formula is C43H69NO10. The predicted molar refractivity (Wildman–Crippen MR) is 202 cm³/mol. The summed E-state index contributed by atoms with van der Waals surface area (Å²) in [4.78, 5) is 37.7. The number of aliphatic carboxylic acids is 1. The molecule has 0 unspecified atom stereocenters. The van der Waals surface area contributed by atoms with Crippen LogP contribution in [0.3, 0.4) is 0 Å². The van der Waals surface area contributed by atoms with Gasteiger partial charge in [-0.2, -0.15) is 0 Å². The Labute approximate surface area is 322 Å². The number of carbonyl (C=O) groups is 3. The zero-order valence-electron chi connectivity index (χ0n) is 34.1. The number of carboxylic acids is 1. The van der Waals surface area contributed by atoms with Crippen molar-refractivity contribution in [2.45, 2.75) is 175 Å². The highest BCUT2D eigenvalue weighted by Crippen LogP contribution is 2.76. The van der Waals surface area contributed by atoms with Crippen LogP contribution in [0.5, 0.6) is 0 Å². The number of amides is 1. The van der Waals surface area contributed by atoms with Gasteiger partial charge in [0.1, 0.15) is 18.3 Å². The Morgan fingerprint density at radius 3 is 2.24 bits per heavy atom. The Hall–Kier alpha value is -2.05. The summed E-state index contributed by atoms with van der Waals surface area (Å²) < 4.78 is 16.8. The molecule has 0 aromatic heterocycles. The first-order valence-corrected chi connectivity index (χ1v) is 20.8. The van der Waals surface area contributed by atoms with Gasteiger partial charge in [0, 0.05) is 13.0 Å². The van der Waals surface area contributed by atoms with E-state index < -0.39 is 42.1 Å². The van der Waals surface area contributed by atoms with Crippen molar-refractivity contribution in [3.05, 3.63) is 11.6 Å². The lowest BCUT2D eigenvalue weighted by Gasteiger charge is -2.71. The highest BCUT2D eigenvalue weighted by atomic mass is 16.7. The van der Waals surface area contributed by atoms with Crippen LogP contribution >= 0.6 is 0 Å². The van der Waals surface area contributed by atoms with Gasteiger partial charge in [0.15, 0.2) is 12.4 Å². The molecule has 5 fully saturated rings. The van der Waals surface area contributed by atoms with Crippen molar-refractivity contribution in [1.29, 1.82) is 0 Å². The maximum Gasteiger partial charge on any atom is 0.335 e. The number of fused-ring (bicyclic) bond motifs is 7. The number of nitrogens with one attached hydrogen (secondary N) is 1. The van der Waals surface area contributed by atoms with Crippen LogP contribution in [0.15, 0.2) is 11.6 Å². The molecule has 54 heavy (non-hydrogen) atoms. The van der Waals surface area contributed by atoms with Crippen LogP contribution in [0, 0.1) is 50.2 Å². The van der Waals surface area contributed by atoms with Crippen LogP contribution < -0.4 is 5.32 Å². The molecule has 0 radical (unpaired) electrons. The molecule has 1 heterocycles. The Morgan fingerprint density at radius 2 is 1.56 bits per heavy atom. The third-order valence-electron chi connectivity index (χ3n) is 16.7. The number of methoxy groups -OCH3 is 1. The number of esters is 1. The fourth-order valence-corrected chi connectivity index (χ4v) is 13.2. The predicted octanol–water partition coefficient (Wildman–Crippen LogP) is 5.92. The summed E-state index contributed by atoms with van der Waals surface area (Å²) in [5.74, 6) is -0.470. The van der Waals surface area contributed by atoms with Crippen LogP contribution in [0.1, 0.15) is 138 Å². The SMILES string of the molecule is COC(=O)CCCCCNC(=O)[C@]12CCC(C)(C)C[C@H]1C1=CC[C@@H]3[C@@]4(C)CC[C@H](O[C@H]5O[C@H](C(=O)O)[C@@H](O)[C@H](O)[C@@H]5O)C(C)(C)[C@@H]4CC[C@@]3(C)[C@]1(C)CC2. The Balaban J connectivity index is 1.22. The summed E-state index contributed by atoms with van der Waals surface area (Å²) in [6.45, 7) is 17.3. The van der Waals surface area contributed by atoms with Crippen molar-refractivity contribution < 1.29 is 49.0 Å². The smallest absolute Gasteiger partial charge is 0.335 e. The van der Waals surface area contributed by atoms with Crippen molar-refractivity contribution >= 4 is 17.8 Å². The maximum atomic E-state index is 14.4. The number of allylic oxidation sites excluding steroid dienone is 2. The molecular weight excluding hydrogens is 690 g/mol. The third kappa shape index (κ3) is 6.67. The quantitative estimate of drug-likeness (QED) is 0.0780. The lowest BCUT2D eigenvalue weighted by molar-refractivity contribution is -0.324. The number of unbranched alkanes of at least 4 members (excludes halogenated alkanes) is 2. The van der Waals surface area contributed by atoms with E-state index in [0.717, 1.165) is 77.0 Å². The molecule has 0 bridgehead atoms. The number of carbonyl (C=O) groups excluding carboxylic acids is 2. The van der Waals surface area contributed by atoms with Crippen molar-refractivity contribution in [3.63, 3.8) is 0 Å². The van der Waals surface area contributed by atoms with Gasteiger partial charge in [0.2, 0.25) is 5.91 Å². The monoisotopic (exact) mass is 759 g/mol. The largest absolute Gasteiger partial charge is 0.479 e. The zero-order chi connectivity index (χ0) is 39.6. The highest BCUT2D eigenvalue weighted by Gasteiger charge is 2.69. The fourth-order valence-electron chi connectivity index (χ4n) is 13.2. The van der Waals surface area contributed by atoms with Gasteiger partial charge >= 0.3 is 11.9 Å². The third-order valence-corrected chi connectivity index (χ3v) is 16.7. The van der Waals surface area contributed by atoms with Crippen LogP contribution in [0.2, 0.25) is 0 Å². The molecule has 1 amide bonds. The molecule has 4 saturated carbocycles. The second-order valence-electron chi connectivity index (χ2n) is 20.2. The fraction of sp³-hybridized carbons (Fsp3) is 0.884. The number of carboxylic acid groups (broad SMARTS) is 1. The van der Waals surface area contributed by atoms with E-state index in [1.807, 2.05) is 0 Å². The molecule has 1 saturated heterocycles. The molecule has 6 aliphatic rings. The summed E-state index contributed by atoms with van der Waals surface area (Å²) >= 11 is 0. The van der Waals surface area contributed by atoms with E-state index in [9.17, 15) is 34.8 Å². The van der Waals surface area contributed by atoms with Crippen LogP contribution in [-0.4, -0.2) is 88.7 Å². The molecule has 0 spiro atoms. The molecule has 0 aromatic carbocycles. The molecule has 5 N–H and O–H groups in total. The standard InChI is InChI=1S/C43H69NO10/c1-38(2)19-21-43(37(51)44-23-11-9-10-12-30(45)52-8)22-20-41(6)25(26(43)24-38)13-14-28-40(5)17-16-29(39(3,4)27(40)15-18-42(28,41)7)53-36-33(48)31(46)32(47)34(54-36)35(49)50/h13,26-29,31-34,36,46-48H,9-12,14-24H2,1-8H3,(H,44,51)(H,49,50)/t26-,27-,28+,29-,31-,32-,33-,34-,36-,40-,41+,42+,43-/m0/s1. The second kappa shape index (κ2) is 14.7. The van der Waals surface area contributed by atoms with E-state index in [4.69, 9.17) is 14.2 Å². The number of aliphatic hydroxyl groups excluding tert-OH is 3. The van der Waals surface area contributed by atoms with Crippen molar-refractivity contribution in [2.24, 2.45) is 50.2 Å². The minimum atomic E-state index is -1.75.